The fourth-order valence-electron chi connectivity index (χ4n) is 10.4. The molecule has 0 spiro atoms. The van der Waals surface area contributed by atoms with Gasteiger partial charge in [-0.15, -0.1) is 0 Å². The van der Waals surface area contributed by atoms with Crippen LogP contribution in [0.25, 0.3) is 0 Å². The normalized spacial score (nSPS) is 35.4. The number of hydrogen-bond donors (Lipinski definition) is 1. The Labute approximate surface area is 254 Å². The molecule has 4 saturated carbocycles. The standard InChI is InChI=1S/C35H54FNO4S/c1-24(9-8-22-41-32(38)37-42(39,40)27-14-11-25(12-15-27)33(2,3)23-36)29-17-18-30-28-16-13-26-10-6-7-20-34(26,4)31(28)19-21-35(29,30)5/h11-12,14-15,24,26,28-31H,6-10,13,16-23H2,1-5H3,(H,37,38)/t24-,26+,28+,29-,30+,31+,34+,35-/m1/s1. The van der Waals surface area contributed by atoms with Gasteiger partial charge in [0.25, 0.3) is 10.0 Å². The second kappa shape index (κ2) is 12.0. The number of hydrogen-bond acceptors (Lipinski definition) is 4. The maximum absolute atomic E-state index is 13.3. The van der Waals surface area contributed by atoms with Crippen LogP contribution in [0, 0.1) is 46.3 Å². The molecular weight excluding hydrogens is 549 g/mol. The second-order valence-corrected chi connectivity index (χ2v) is 17.2. The molecule has 0 aliphatic heterocycles. The summed E-state index contributed by atoms with van der Waals surface area (Å²) in [5, 5.41) is 0. The molecule has 0 saturated heterocycles. The summed E-state index contributed by atoms with van der Waals surface area (Å²) in [5.74, 6) is 4.90. The van der Waals surface area contributed by atoms with Gasteiger partial charge in [-0.2, -0.15) is 0 Å². The van der Waals surface area contributed by atoms with E-state index in [1.807, 2.05) is 4.72 Å². The lowest BCUT2D eigenvalue weighted by molar-refractivity contribution is -0.114. The topological polar surface area (TPSA) is 72.5 Å². The lowest BCUT2D eigenvalue weighted by atomic mass is 9.44. The highest BCUT2D eigenvalue weighted by Gasteiger charge is 2.60. The average Bonchev–Trinajstić information content (AvgIpc) is 3.32. The molecular formula is C35H54FNO4S. The van der Waals surface area contributed by atoms with Crippen LogP contribution in [-0.4, -0.2) is 27.8 Å². The first-order chi connectivity index (χ1) is 19.8. The molecule has 1 amide bonds. The zero-order chi connectivity index (χ0) is 30.3. The van der Waals surface area contributed by atoms with Crippen LogP contribution in [0.2, 0.25) is 0 Å². The zero-order valence-corrected chi connectivity index (χ0v) is 27.4. The van der Waals surface area contributed by atoms with E-state index in [4.69, 9.17) is 4.74 Å². The minimum Gasteiger partial charge on any atom is -0.449 e. The van der Waals surface area contributed by atoms with E-state index in [0.29, 0.717) is 28.2 Å². The minimum absolute atomic E-state index is 0.0452. The van der Waals surface area contributed by atoms with E-state index in [-0.39, 0.29) is 11.5 Å². The molecule has 5 rings (SSSR count). The number of ether oxygens (including phenoxy) is 1. The molecule has 4 aliphatic carbocycles. The van der Waals surface area contributed by atoms with Crippen molar-refractivity contribution >= 4 is 16.1 Å². The smallest absolute Gasteiger partial charge is 0.421 e. The summed E-state index contributed by atoms with van der Waals surface area (Å²) in [6, 6.07) is 5.97. The van der Waals surface area contributed by atoms with Crippen molar-refractivity contribution < 1.29 is 22.3 Å². The number of nitrogens with one attached hydrogen (secondary N) is 1. The van der Waals surface area contributed by atoms with E-state index < -0.39 is 28.2 Å². The Morgan fingerprint density at radius 2 is 1.71 bits per heavy atom. The third-order valence-electron chi connectivity index (χ3n) is 12.9. The molecule has 0 heterocycles. The Bertz CT molecular complexity index is 1220. The van der Waals surface area contributed by atoms with Crippen molar-refractivity contribution in [2.24, 2.45) is 46.3 Å². The summed E-state index contributed by atoms with van der Waals surface area (Å²) >= 11 is 0. The van der Waals surface area contributed by atoms with Gasteiger partial charge in [-0.05, 0) is 128 Å². The van der Waals surface area contributed by atoms with Gasteiger partial charge in [0.1, 0.15) is 0 Å². The Balaban J connectivity index is 1.10. The molecule has 42 heavy (non-hydrogen) atoms. The highest BCUT2D eigenvalue weighted by molar-refractivity contribution is 7.90. The predicted octanol–water partition coefficient (Wildman–Crippen LogP) is 8.81. The van der Waals surface area contributed by atoms with Crippen molar-refractivity contribution in [3.63, 3.8) is 0 Å². The van der Waals surface area contributed by atoms with Crippen molar-refractivity contribution in [2.75, 3.05) is 13.3 Å². The van der Waals surface area contributed by atoms with Crippen LogP contribution in [0.15, 0.2) is 29.2 Å². The van der Waals surface area contributed by atoms with Crippen molar-refractivity contribution in [1.29, 1.82) is 0 Å². The molecule has 1 aromatic rings. The number of rotatable bonds is 9. The van der Waals surface area contributed by atoms with E-state index in [9.17, 15) is 17.6 Å². The largest absolute Gasteiger partial charge is 0.449 e. The van der Waals surface area contributed by atoms with Gasteiger partial charge < -0.3 is 4.74 Å². The third kappa shape index (κ3) is 5.89. The SMILES string of the molecule is C[C@H](CCCOC(=O)NS(=O)(=O)c1ccc(C(C)(C)CF)cc1)[C@H]1CC[C@H]2[C@@H]3CC[C@@H]4CCCC[C@]4(C)[C@H]3CC[C@]12C. The van der Waals surface area contributed by atoms with Gasteiger partial charge in [0.15, 0.2) is 0 Å². The monoisotopic (exact) mass is 603 g/mol. The molecule has 0 aromatic heterocycles. The van der Waals surface area contributed by atoms with Gasteiger partial charge in [-0.1, -0.05) is 59.6 Å². The Morgan fingerprint density at radius 3 is 2.43 bits per heavy atom. The fourth-order valence-corrected chi connectivity index (χ4v) is 11.3. The van der Waals surface area contributed by atoms with Gasteiger partial charge in [0, 0.05) is 5.41 Å². The Kier molecular flexibility index (Phi) is 9.12. The zero-order valence-electron chi connectivity index (χ0n) is 26.6. The van der Waals surface area contributed by atoms with Crippen LogP contribution in [0.4, 0.5) is 9.18 Å². The molecule has 8 atom stereocenters. The van der Waals surface area contributed by atoms with E-state index in [0.717, 1.165) is 36.5 Å². The molecule has 4 fully saturated rings. The molecule has 5 nitrogen and oxygen atoms in total. The maximum atomic E-state index is 13.3. The Morgan fingerprint density at radius 1 is 1.00 bits per heavy atom. The number of carbonyl (C=O) groups excluding carboxylic acids is 1. The highest BCUT2D eigenvalue weighted by atomic mass is 32.2. The first-order valence-electron chi connectivity index (χ1n) is 16.7. The molecule has 0 radical (unpaired) electrons. The molecule has 236 valence electrons. The number of benzene rings is 1. The van der Waals surface area contributed by atoms with E-state index in [1.54, 1.807) is 26.0 Å². The van der Waals surface area contributed by atoms with Gasteiger partial charge in [-0.25, -0.2) is 17.9 Å². The number of amides is 1. The first kappa shape index (κ1) is 31.8. The molecule has 7 heteroatoms. The van der Waals surface area contributed by atoms with Gasteiger partial charge in [0.05, 0.1) is 18.2 Å². The number of sulfonamides is 1. The Hall–Kier alpha value is -1.63. The van der Waals surface area contributed by atoms with Gasteiger partial charge in [0.2, 0.25) is 0 Å². The van der Waals surface area contributed by atoms with E-state index >= 15 is 0 Å². The number of fused-ring (bicyclic) bond motifs is 5. The van der Waals surface area contributed by atoms with Gasteiger partial charge >= 0.3 is 6.09 Å². The first-order valence-corrected chi connectivity index (χ1v) is 18.2. The summed E-state index contributed by atoms with van der Waals surface area (Å²) in [6.07, 6.45) is 14.9. The summed E-state index contributed by atoms with van der Waals surface area (Å²) in [4.78, 5) is 12.3. The predicted molar refractivity (Wildman–Crippen MR) is 165 cm³/mol. The lowest BCUT2D eigenvalue weighted by Gasteiger charge is -2.61. The van der Waals surface area contributed by atoms with Crippen LogP contribution < -0.4 is 4.72 Å². The summed E-state index contributed by atoms with van der Waals surface area (Å²) in [6.45, 7) is 10.8. The van der Waals surface area contributed by atoms with Crippen molar-refractivity contribution in [1.82, 2.24) is 4.72 Å². The summed E-state index contributed by atoms with van der Waals surface area (Å²) in [7, 11) is -4.06. The number of carbonyl (C=O) groups is 1. The third-order valence-corrected chi connectivity index (χ3v) is 14.2. The summed E-state index contributed by atoms with van der Waals surface area (Å²) < 4.78 is 45.9. The quantitative estimate of drug-likeness (QED) is 0.286. The number of halogens is 1. The maximum Gasteiger partial charge on any atom is 0.421 e. The van der Waals surface area contributed by atoms with E-state index in [2.05, 4.69) is 20.8 Å². The minimum atomic E-state index is -4.06. The molecule has 1 N–H and O–H groups in total. The van der Waals surface area contributed by atoms with Crippen molar-refractivity contribution in [3.8, 4) is 0 Å². The van der Waals surface area contributed by atoms with Crippen LogP contribution in [-0.2, 0) is 20.2 Å². The number of alkyl halides is 1. The van der Waals surface area contributed by atoms with Crippen LogP contribution in [0.1, 0.15) is 117 Å². The highest BCUT2D eigenvalue weighted by Crippen LogP contribution is 2.68. The second-order valence-electron chi connectivity index (χ2n) is 15.5. The van der Waals surface area contributed by atoms with Crippen LogP contribution in [0.5, 0.6) is 0 Å². The van der Waals surface area contributed by atoms with Crippen molar-refractivity contribution in [2.45, 2.75) is 122 Å². The summed E-state index contributed by atoms with van der Waals surface area (Å²) in [5.41, 5.74) is 0.990. The lowest BCUT2D eigenvalue weighted by Crippen LogP contribution is -2.53. The molecule has 4 aliphatic rings. The van der Waals surface area contributed by atoms with Gasteiger partial charge in [-0.3, -0.25) is 4.39 Å². The van der Waals surface area contributed by atoms with E-state index in [1.165, 1.54) is 76.3 Å². The molecule has 1 aromatic carbocycles. The average molecular weight is 604 g/mol. The van der Waals surface area contributed by atoms with Crippen LogP contribution in [0.3, 0.4) is 0 Å². The fraction of sp³-hybridized carbons (Fsp3) is 0.800. The molecule has 0 unspecified atom stereocenters. The molecule has 0 bridgehead atoms. The van der Waals surface area contributed by atoms with Crippen LogP contribution >= 0.6 is 0 Å². The van der Waals surface area contributed by atoms with Crippen molar-refractivity contribution in [3.05, 3.63) is 29.8 Å².